The van der Waals surface area contributed by atoms with Crippen molar-refractivity contribution < 1.29 is 42.5 Å². The predicted octanol–water partition coefficient (Wildman–Crippen LogP) is -0.689. The molecule has 3 nitrogen and oxygen atoms in total. The van der Waals surface area contributed by atoms with Crippen LogP contribution in [0.15, 0.2) is 29.2 Å². The zero-order valence-electron chi connectivity index (χ0n) is 9.31. The standard InChI is InChI=1S/C10H13BrO3S.Na/c1-2-9(11)7-8-3-5-10(6-4-8)15(12,13)14;/h3-6,9H,2,7H2,1H3,(H,12,13,14);/q;+1/p-1. The number of alkyl halides is 1. The minimum absolute atomic E-state index is 0. The predicted molar refractivity (Wildman–Crippen MR) is 61.1 cm³/mol. The fraction of sp³-hybridized carbons (Fsp3) is 0.400. The van der Waals surface area contributed by atoms with Crippen LogP contribution in [0.5, 0.6) is 0 Å². The van der Waals surface area contributed by atoms with Gasteiger partial charge in [0.1, 0.15) is 10.1 Å². The summed E-state index contributed by atoms with van der Waals surface area (Å²) in [5.41, 5.74) is 1.02. The van der Waals surface area contributed by atoms with Gasteiger partial charge in [0.15, 0.2) is 0 Å². The monoisotopic (exact) mass is 314 g/mol. The van der Waals surface area contributed by atoms with Gasteiger partial charge < -0.3 is 4.55 Å². The molecule has 1 aromatic carbocycles. The van der Waals surface area contributed by atoms with Crippen molar-refractivity contribution in [1.82, 2.24) is 0 Å². The Morgan fingerprint density at radius 1 is 1.31 bits per heavy atom. The first kappa shape index (κ1) is 16.6. The molecule has 0 aliphatic heterocycles. The third kappa shape index (κ3) is 5.29. The number of hydrogen-bond donors (Lipinski definition) is 0. The van der Waals surface area contributed by atoms with Gasteiger partial charge in [-0.3, -0.25) is 0 Å². The summed E-state index contributed by atoms with van der Waals surface area (Å²) in [4.78, 5) is 0.209. The molecule has 0 amide bonds. The van der Waals surface area contributed by atoms with Crippen molar-refractivity contribution in [2.45, 2.75) is 29.5 Å². The molecule has 1 aromatic rings. The summed E-state index contributed by atoms with van der Waals surface area (Å²) in [7, 11) is -4.32. The fourth-order valence-corrected chi connectivity index (χ4v) is 2.04. The zero-order chi connectivity index (χ0) is 11.5. The molecule has 0 bridgehead atoms. The van der Waals surface area contributed by atoms with Crippen molar-refractivity contribution in [3.63, 3.8) is 0 Å². The number of rotatable bonds is 4. The van der Waals surface area contributed by atoms with Crippen LogP contribution in [0.1, 0.15) is 18.9 Å². The summed E-state index contributed by atoms with van der Waals surface area (Å²) < 4.78 is 32.0. The maximum atomic E-state index is 10.7. The molecule has 0 spiro atoms. The molecule has 0 aliphatic carbocycles. The van der Waals surface area contributed by atoms with Crippen molar-refractivity contribution in [3.8, 4) is 0 Å². The summed E-state index contributed by atoms with van der Waals surface area (Å²) in [6.45, 7) is 2.07. The van der Waals surface area contributed by atoms with Crippen LogP contribution in [-0.2, 0) is 16.5 Å². The smallest absolute Gasteiger partial charge is 0.744 e. The van der Waals surface area contributed by atoms with Crippen LogP contribution in [0.25, 0.3) is 0 Å². The van der Waals surface area contributed by atoms with Crippen LogP contribution in [0.2, 0.25) is 0 Å². The second-order valence-corrected chi connectivity index (χ2v) is 5.98. The topological polar surface area (TPSA) is 57.2 Å². The van der Waals surface area contributed by atoms with Crippen LogP contribution >= 0.6 is 15.9 Å². The molecular formula is C10H12BrNaO3S. The van der Waals surface area contributed by atoms with E-state index in [-0.39, 0.29) is 34.5 Å². The molecule has 0 N–H and O–H groups in total. The summed E-state index contributed by atoms with van der Waals surface area (Å²) >= 11 is 3.49. The van der Waals surface area contributed by atoms with E-state index in [0.717, 1.165) is 18.4 Å². The largest absolute Gasteiger partial charge is 1.00 e. The first-order chi connectivity index (χ1) is 6.93. The van der Waals surface area contributed by atoms with Crippen LogP contribution in [0, 0.1) is 0 Å². The molecule has 0 heterocycles. The van der Waals surface area contributed by atoms with Crippen molar-refractivity contribution in [2.24, 2.45) is 0 Å². The molecule has 0 saturated carbocycles. The van der Waals surface area contributed by atoms with Crippen molar-refractivity contribution in [3.05, 3.63) is 29.8 Å². The van der Waals surface area contributed by atoms with Gasteiger partial charge in [0, 0.05) is 4.83 Å². The maximum Gasteiger partial charge on any atom is 1.00 e. The van der Waals surface area contributed by atoms with Gasteiger partial charge in [-0.1, -0.05) is 35.0 Å². The number of halogens is 1. The molecule has 1 atom stereocenters. The maximum absolute atomic E-state index is 10.7. The summed E-state index contributed by atoms with van der Waals surface area (Å²) in [6, 6.07) is 6.06. The van der Waals surface area contributed by atoms with Gasteiger partial charge in [-0.05, 0) is 30.5 Å². The second kappa shape index (κ2) is 7.13. The average Bonchev–Trinajstić information content (AvgIpc) is 2.17. The first-order valence-corrected chi connectivity index (χ1v) is 6.94. The molecule has 0 radical (unpaired) electrons. The van der Waals surface area contributed by atoms with E-state index < -0.39 is 10.1 Å². The van der Waals surface area contributed by atoms with Gasteiger partial charge in [0.05, 0.1) is 4.90 Å². The summed E-state index contributed by atoms with van der Waals surface area (Å²) in [5.74, 6) is 0. The normalized spacial score (nSPS) is 12.9. The minimum Gasteiger partial charge on any atom is -0.744 e. The summed E-state index contributed by atoms with van der Waals surface area (Å²) in [6.07, 6.45) is 1.83. The van der Waals surface area contributed by atoms with Crippen molar-refractivity contribution in [2.75, 3.05) is 0 Å². The van der Waals surface area contributed by atoms with Crippen LogP contribution < -0.4 is 29.6 Å². The first-order valence-electron chi connectivity index (χ1n) is 4.62. The quantitative estimate of drug-likeness (QED) is 0.420. The molecule has 1 unspecified atom stereocenters. The van der Waals surface area contributed by atoms with E-state index in [1.807, 2.05) is 0 Å². The summed E-state index contributed by atoms with van der Waals surface area (Å²) in [5, 5.41) is 0. The Hall–Kier alpha value is 0.610. The minimum atomic E-state index is -4.32. The third-order valence-corrected chi connectivity index (χ3v) is 3.93. The average molecular weight is 315 g/mol. The van der Waals surface area contributed by atoms with Gasteiger partial charge >= 0.3 is 29.6 Å². The van der Waals surface area contributed by atoms with E-state index in [1.165, 1.54) is 12.1 Å². The Bertz CT molecular complexity index is 416. The van der Waals surface area contributed by atoms with Gasteiger partial charge in [-0.15, -0.1) is 0 Å². The van der Waals surface area contributed by atoms with Crippen molar-refractivity contribution in [1.29, 1.82) is 0 Å². The molecule has 16 heavy (non-hydrogen) atoms. The molecular weight excluding hydrogens is 303 g/mol. The van der Waals surface area contributed by atoms with E-state index in [4.69, 9.17) is 0 Å². The Morgan fingerprint density at radius 2 is 1.81 bits per heavy atom. The van der Waals surface area contributed by atoms with E-state index >= 15 is 0 Å². The van der Waals surface area contributed by atoms with Crippen LogP contribution in [0.4, 0.5) is 0 Å². The van der Waals surface area contributed by atoms with E-state index in [0.29, 0.717) is 4.83 Å². The Kier molecular flexibility index (Phi) is 7.41. The zero-order valence-corrected chi connectivity index (χ0v) is 13.7. The van der Waals surface area contributed by atoms with Gasteiger partial charge in [0.25, 0.3) is 0 Å². The van der Waals surface area contributed by atoms with Gasteiger partial charge in [-0.25, -0.2) is 8.42 Å². The molecule has 0 saturated heterocycles. The molecule has 0 aliphatic rings. The van der Waals surface area contributed by atoms with Crippen LogP contribution in [-0.4, -0.2) is 17.8 Å². The van der Waals surface area contributed by atoms with Crippen LogP contribution in [0.3, 0.4) is 0 Å². The third-order valence-electron chi connectivity index (χ3n) is 2.11. The van der Waals surface area contributed by atoms with Gasteiger partial charge in [0.2, 0.25) is 0 Å². The molecule has 84 valence electrons. The Labute approximate surface area is 127 Å². The Balaban J connectivity index is 0.00000225. The second-order valence-electron chi connectivity index (χ2n) is 3.31. The number of hydrogen-bond acceptors (Lipinski definition) is 3. The molecule has 1 rings (SSSR count). The fourth-order valence-electron chi connectivity index (χ4n) is 1.19. The van der Waals surface area contributed by atoms with Crippen molar-refractivity contribution >= 4 is 26.0 Å². The molecule has 0 aromatic heterocycles. The molecule has 6 heteroatoms. The SMILES string of the molecule is CCC(Br)Cc1ccc(S(=O)(=O)[O-])cc1.[Na+]. The van der Waals surface area contributed by atoms with E-state index in [9.17, 15) is 13.0 Å². The Morgan fingerprint density at radius 3 is 2.19 bits per heavy atom. The van der Waals surface area contributed by atoms with E-state index in [1.54, 1.807) is 12.1 Å². The number of benzene rings is 1. The molecule has 0 fully saturated rings. The van der Waals surface area contributed by atoms with E-state index in [2.05, 4.69) is 22.9 Å². The van der Waals surface area contributed by atoms with Gasteiger partial charge in [-0.2, -0.15) is 0 Å².